The molecule has 2 heterocycles. The molecule has 2 aliphatic rings. The molecular weight excluding hydrogens is 264 g/mol. The number of hydrogen-bond donors (Lipinski definition) is 1. The lowest BCUT2D eigenvalue weighted by molar-refractivity contribution is 0.105. The van der Waals surface area contributed by atoms with Crippen molar-refractivity contribution in [1.29, 1.82) is 0 Å². The standard InChI is InChI=1S/C16H28N4O/c1-12-17-16(19-18-12)15-9-14(21-2)11-20(15)10-13-7-5-3-4-6-8-13/h13-15H,3-11H2,1-2H3,(H,17,18,19)/t14-,15+/m1/s1. The number of nitrogens with one attached hydrogen (secondary N) is 1. The number of aromatic nitrogens is 3. The van der Waals surface area contributed by atoms with E-state index < -0.39 is 0 Å². The Morgan fingerprint density at radius 3 is 2.62 bits per heavy atom. The molecule has 1 aliphatic carbocycles. The van der Waals surface area contributed by atoms with Crippen LogP contribution in [0.15, 0.2) is 0 Å². The molecular formula is C16H28N4O. The van der Waals surface area contributed by atoms with E-state index in [1.807, 2.05) is 14.0 Å². The monoisotopic (exact) mass is 292 g/mol. The highest BCUT2D eigenvalue weighted by atomic mass is 16.5. The van der Waals surface area contributed by atoms with Crippen molar-refractivity contribution in [2.75, 3.05) is 20.2 Å². The molecule has 3 rings (SSSR count). The highest BCUT2D eigenvalue weighted by molar-refractivity contribution is 5.02. The summed E-state index contributed by atoms with van der Waals surface area (Å²) in [5.41, 5.74) is 0. The average Bonchev–Trinajstić information content (AvgIpc) is 2.99. The Bertz CT molecular complexity index is 439. The van der Waals surface area contributed by atoms with Crippen LogP contribution in [0.25, 0.3) is 0 Å². The maximum Gasteiger partial charge on any atom is 0.167 e. The van der Waals surface area contributed by atoms with Gasteiger partial charge in [-0.05, 0) is 32.1 Å². The summed E-state index contributed by atoms with van der Waals surface area (Å²) in [5, 5.41) is 7.38. The van der Waals surface area contributed by atoms with E-state index in [1.165, 1.54) is 45.1 Å². The zero-order valence-electron chi connectivity index (χ0n) is 13.3. The second kappa shape index (κ2) is 6.88. The summed E-state index contributed by atoms with van der Waals surface area (Å²) in [6, 6.07) is 0.322. The number of methoxy groups -OCH3 is 1. The van der Waals surface area contributed by atoms with Crippen molar-refractivity contribution in [3.8, 4) is 0 Å². The van der Waals surface area contributed by atoms with E-state index in [9.17, 15) is 0 Å². The minimum absolute atomic E-state index is 0.319. The molecule has 1 saturated carbocycles. The van der Waals surface area contributed by atoms with Gasteiger partial charge in [0.1, 0.15) is 5.82 Å². The molecule has 0 amide bonds. The fourth-order valence-electron chi connectivity index (χ4n) is 3.89. The molecule has 1 aromatic heterocycles. The van der Waals surface area contributed by atoms with E-state index in [0.717, 1.165) is 30.5 Å². The second-order valence-corrected chi connectivity index (χ2v) is 6.70. The Morgan fingerprint density at radius 1 is 1.24 bits per heavy atom. The molecule has 1 aliphatic heterocycles. The number of aromatic amines is 1. The van der Waals surface area contributed by atoms with Gasteiger partial charge in [-0.1, -0.05) is 25.7 Å². The number of aryl methyl sites for hydroxylation is 1. The molecule has 0 aromatic carbocycles. The van der Waals surface area contributed by atoms with Crippen molar-refractivity contribution in [2.45, 2.75) is 64.0 Å². The molecule has 2 atom stereocenters. The Morgan fingerprint density at radius 2 is 2.00 bits per heavy atom. The molecule has 1 saturated heterocycles. The number of H-pyrrole nitrogens is 1. The number of nitrogens with zero attached hydrogens (tertiary/aromatic N) is 3. The Balaban J connectivity index is 1.68. The maximum absolute atomic E-state index is 5.61. The third-order valence-corrected chi connectivity index (χ3v) is 5.08. The van der Waals surface area contributed by atoms with Crippen LogP contribution in [0.3, 0.4) is 0 Å². The lowest BCUT2D eigenvalue weighted by Crippen LogP contribution is -2.31. The van der Waals surface area contributed by atoms with Gasteiger partial charge in [-0.15, -0.1) is 0 Å². The van der Waals surface area contributed by atoms with E-state index >= 15 is 0 Å². The fourth-order valence-corrected chi connectivity index (χ4v) is 3.89. The average molecular weight is 292 g/mol. The maximum atomic E-state index is 5.61. The molecule has 5 nitrogen and oxygen atoms in total. The van der Waals surface area contributed by atoms with Gasteiger partial charge in [0.2, 0.25) is 0 Å². The third-order valence-electron chi connectivity index (χ3n) is 5.08. The smallest absolute Gasteiger partial charge is 0.167 e. The van der Waals surface area contributed by atoms with Gasteiger partial charge in [0, 0.05) is 20.2 Å². The van der Waals surface area contributed by atoms with Crippen molar-refractivity contribution in [2.24, 2.45) is 5.92 Å². The summed E-state index contributed by atoms with van der Waals surface area (Å²) in [7, 11) is 1.82. The Hall–Kier alpha value is -0.940. The summed E-state index contributed by atoms with van der Waals surface area (Å²) in [6.45, 7) is 4.16. The van der Waals surface area contributed by atoms with Gasteiger partial charge in [-0.3, -0.25) is 10.00 Å². The van der Waals surface area contributed by atoms with E-state index in [4.69, 9.17) is 4.74 Å². The van der Waals surface area contributed by atoms with Crippen LogP contribution in [0.1, 0.15) is 62.6 Å². The summed E-state index contributed by atoms with van der Waals surface area (Å²) in [4.78, 5) is 7.12. The molecule has 0 spiro atoms. The number of rotatable bonds is 4. The van der Waals surface area contributed by atoms with Crippen LogP contribution >= 0.6 is 0 Å². The minimum Gasteiger partial charge on any atom is -0.380 e. The van der Waals surface area contributed by atoms with Crippen molar-refractivity contribution in [1.82, 2.24) is 20.1 Å². The van der Waals surface area contributed by atoms with Gasteiger partial charge in [-0.2, -0.15) is 5.10 Å². The van der Waals surface area contributed by atoms with Gasteiger partial charge in [0.25, 0.3) is 0 Å². The first kappa shape index (κ1) is 15.0. The van der Waals surface area contributed by atoms with Crippen LogP contribution in [0, 0.1) is 12.8 Å². The molecule has 1 aromatic rings. The Labute approximate surface area is 127 Å². The lowest BCUT2D eigenvalue weighted by Gasteiger charge is -2.26. The van der Waals surface area contributed by atoms with Crippen molar-refractivity contribution < 1.29 is 4.74 Å². The largest absolute Gasteiger partial charge is 0.380 e. The molecule has 1 N–H and O–H groups in total. The summed E-state index contributed by atoms with van der Waals surface area (Å²) in [6.07, 6.45) is 9.73. The molecule has 118 valence electrons. The van der Waals surface area contributed by atoms with Crippen molar-refractivity contribution in [3.63, 3.8) is 0 Å². The molecule has 2 fully saturated rings. The van der Waals surface area contributed by atoms with Gasteiger partial charge < -0.3 is 4.74 Å². The zero-order chi connectivity index (χ0) is 14.7. The predicted molar refractivity (Wildman–Crippen MR) is 82.0 cm³/mol. The lowest BCUT2D eigenvalue weighted by atomic mass is 9.99. The highest BCUT2D eigenvalue weighted by Gasteiger charge is 2.36. The molecule has 0 radical (unpaired) electrons. The molecule has 0 bridgehead atoms. The van der Waals surface area contributed by atoms with E-state index in [-0.39, 0.29) is 0 Å². The van der Waals surface area contributed by atoms with Crippen LogP contribution < -0.4 is 0 Å². The zero-order valence-corrected chi connectivity index (χ0v) is 13.3. The van der Waals surface area contributed by atoms with Crippen LogP contribution in [0.5, 0.6) is 0 Å². The summed E-state index contributed by atoms with van der Waals surface area (Å²) in [5.74, 6) is 2.69. The van der Waals surface area contributed by atoms with E-state index in [0.29, 0.717) is 12.1 Å². The Kier molecular flexibility index (Phi) is 4.91. The molecule has 0 unspecified atom stereocenters. The van der Waals surface area contributed by atoms with Gasteiger partial charge in [0.15, 0.2) is 5.82 Å². The minimum atomic E-state index is 0.319. The number of likely N-dealkylation sites (tertiary alicyclic amines) is 1. The topological polar surface area (TPSA) is 54.0 Å². The number of hydrogen-bond acceptors (Lipinski definition) is 4. The van der Waals surface area contributed by atoms with Gasteiger partial charge in [-0.25, -0.2) is 4.98 Å². The predicted octanol–water partition coefficient (Wildman–Crippen LogP) is 2.85. The SMILES string of the molecule is CO[C@@H]1C[C@@H](c2n[nH]c(C)n2)N(CC2CCCCCC2)C1. The fraction of sp³-hybridized carbons (Fsp3) is 0.875. The van der Waals surface area contributed by atoms with E-state index in [2.05, 4.69) is 20.1 Å². The third kappa shape index (κ3) is 3.64. The molecule has 5 heteroatoms. The normalized spacial score (nSPS) is 28.9. The second-order valence-electron chi connectivity index (χ2n) is 6.70. The first-order valence-corrected chi connectivity index (χ1v) is 8.42. The number of ether oxygens (including phenoxy) is 1. The van der Waals surface area contributed by atoms with Gasteiger partial charge >= 0.3 is 0 Å². The molecule has 21 heavy (non-hydrogen) atoms. The van der Waals surface area contributed by atoms with Crippen molar-refractivity contribution >= 4 is 0 Å². The van der Waals surface area contributed by atoms with Crippen LogP contribution in [0.4, 0.5) is 0 Å². The van der Waals surface area contributed by atoms with Crippen LogP contribution in [0.2, 0.25) is 0 Å². The first-order valence-electron chi connectivity index (χ1n) is 8.42. The first-order chi connectivity index (χ1) is 10.3. The van der Waals surface area contributed by atoms with Crippen molar-refractivity contribution in [3.05, 3.63) is 11.6 Å². The van der Waals surface area contributed by atoms with Crippen LogP contribution in [-0.4, -0.2) is 46.4 Å². The van der Waals surface area contributed by atoms with Gasteiger partial charge in [0.05, 0.1) is 12.1 Å². The van der Waals surface area contributed by atoms with E-state index in [1.54, 1.807) is 0 Å². The summed E-state index contributed by atoms with van der Waals surface area (Å²) < 4.78 is 5.61. The highest BCUT2D eigenvalue weighted by Crippen LogP contribution is 2.34. The van der Waals surface area contributed by atoms with Crippen LogP contribution in [-0.2, 0) is 4.74 Å². The summed E-state index contributed by atoms with van der Waals surface area (Å²) >= 11 is 0. The quantitative estimate of drug-likeness (QED) is 0.867.